The van der Waals surface area contributed by atoms with Crippen molar-refractivity contribution in [1.29, 1.82) is 0 Å². The molecule has 0 radical (unpaired) electrons. The molecular weight excluding hydrogens is 298 g/mol. The average Bonchev–Trinajstić information content (AvgIpc) is 3.30. The van der Waals surface area contributed by atoms with Gasteiger partial charge in [0.05, 0.1) is 16.6 Å². The highest BCUT2D eigenvalue weighted by atomic mass is 16.6. The summed E-state index contributed by atoms with van der Waals surface area (Å²) in [4.78, 5) is 16.7. The van der Waals surface area contributed by atoms with E-state index in [0.717, 1.165) is 37.1 Å². The SMILES string of the molecule is CC(O)(CC(O)CN1CCc2ncc([N+](=O)[O-])cc2C1)C1CC1. The van der Waals surface area contributed by atoms with E-state index in [1.807, 2.05) is 0 Å². The molecule has 7 heteroatoms. The molecule has 0 amide bonds. The van der Waals surface area contributed by atoms with Gasteiger partial charge < -0.3 is 10.2 Å². The number of β-amino-alcohol motifs (C(OH)–C–C–N with tert-alkyl or cyclic N) is 1. The number of hydrogen-bond acceptors (Lipinski definition) is 6. The molecule has 1 aromatic rings. The fourth-order valence-corrected chi connectivity index (χ4v) is 3.44. The van der Waals surface area contributed by atoms with Gasteiger partial charge in [-0.2, -0.15) is 0 Å². The van der Waals surface area contributed by atoms with E-state index in [4.69, 9.17) is 0 Å². The lowest BCUT2D eigenvalue weighted by molar-refractivity contribution is -0.385. The number of pyridine rings is 1. The van der Waals surface area contributed by atoms with Crippen LogP contribution >= 0.6 is 0 Å². The second-order valence-corrected chi connectivity index (χ2v) is 7.03. The van der Waals surface area contributed by atoms with Gasteiger partial charge in [-0.15, -0.1) is 0 Å². The van der Waals surface area contributed by atoms with E-state index in [2.05, 4.69) is 9.88 Å². The van der Waals surface area contributed by atoms with E-state index in [0.29, 0.717) is 25.4 Å². The molecule has 0 aromatic carbocycles. The van der Waals surface area contributed by atoms with E-state index in [-0.39, 0.29) is 5.69 Å². The van der Waals surface area contributed by atoms with Gasteiger partial charge in [0.15, 0.2) is 0 Å². The molecular formula is C16H23N3O4. The van der Waals surface area contributed by atoms with Crippen LogP contribution in [0.5, 0.6) is 0 Å². The van der Waals surface area contributed by atoms with Crippen molar-refractivity contribution in [3.8, 4) is 0 Å². The summed E-state index contributed by atoms with van der Waals surface area (Å²) in [7, 11) is 0. The van der Waals surface area contributed by atoms with Crippen LogP contribution in [0.15, 0.2) is 12.3 Å². The number of rotatable bonds is 6. The van der Waals surface area contributed by atoms with Gasteiger partial charge in [0.1, 0.15) is 6.20 Å². The van der Waals surface area contributed by atoms with E-state index in [1.54, 1.807) is 13.0 Å². The van der Waals surface area contributed by atoms with Gasteiger partial charge >= 0.3 is 0 Å². The third kappa shape index (κ3) is 3.85. The van der Waals surface area contributed by atoms with Crippen molar-refractivity contribution >= 4 is 5.69 Å². The fourth-order valence-electron chi connectivity index (χ4n) is 3.44. The van der Waals surface area contributed by atoms with Crippen LogP contribution in [0, 0.1) is 16.0 Å². The van der Waals surface area contributed by atoms with Crippen LogP contribution in [0.2, 0.25) is 0 Å². The van der Waals surface area contributed by atoms with Crippen LogP contribution < -0.4 is 0 Å². The van der Waals surface area contributed by atoms with Crippen LogP contribution in [0.25, 0.3) is 0 Å². The monoisotopic (exact) mass is 321 g/mol. The number of hydrogen-bond donors (Lipinski definition) is 2. The Kier molecular flexibility index (Phi) is 4.35. The van der Waals surface area contributed by atoms with Crippen LogP contribution in [0.1, 0.15) is 37.4 Å². The van der Waals surface area contributed by atoms with E-state index in [1.165, 1.54) is 6.20 Å². The first kappa shape index (κ1) is 16.3. The molecule has 1 saturated carbocycles. The Bertz CT molecular complexity index is 601. The zero-order valence-corrected chi connectivity index (χ0v) is 13.3. The lowest BCUT2D eigenvalue weighted by Gasteiger charge is -2.32. The Morgan fingerprint density at radius 3 is 2.96 bits per heavy atom. The third-order valence-corrected chi connectivity index (χ3v) is 4.89. The first-order valence-electron chi connectivity index (χ1n) is 8.10. The summed E-state index contributed by atoms with van der Waals surface area (Å²) >= 11 is 0. The van der Waals surface area contributed by atoms with Crippen molar-refractivity contribution in [3.05, 3.63) is 33.6 Å². The van der Waals surface area contributed by atoms with Crippen molar-refractivity contribution in [3.63, 3.8) is 0 Å². The van der Waals surface area contributed by atoms with E-state index >= 15 is 0 Å². The summed E-state index contributed by atoms with van der Waals surface area (Å²) < 4.78 is 0. The van der Waals surface area contributed by atoms with Crippen molar-refractivity contribution in [2.24, 2.45) is 5.92 Å². The van der Waals surface area contributed by atoms with Crippen molar-refractivity contribution in [1.82, 2.24) is 9.88 Å². The molecule has 1 aromatic heterocycles. The molecule has 2 aliphatic rings. The van der Waals surface area contributed by atoms with E-state index in [9.17, 15) is 20.3 Å². The molecule has 1 fully saturated rings. The second kappa shape index (κ2) is 6.14. The van der Waals surface area contributed by atoms with Crippen LogP contribution in [-0.4, -0.2) is 49.8 Å². The molecule has 1 aliphatic carbocycles. The smallest absolute Gasteiger partial charge is 0.287 e. The minimum absolute atomic E-state index is 0.00261. The van der Waals surface area contributed by atoms with Crippen LogP contribution in [0.3, 0.4) is 0 Å². The molecule has 23 heavy (non-hydrogen) atoms. The molecule has 2 heterocycles. The molecule has 2 N–H and O–H groups in total. The number of aliphatic hydroxyl groups is 2. The summed E-state index contributed by atoms with van der Waals surface area (Å²) in [5.74, 6) is 0.311. The Morgan fingerprint density at radius 2 is 2.30 bits per heavy atom. The lowest BCUT2D eigenvalue weighted by atomic mass is 9.92. The normalized spacial score (nSPS) is 22.2. The first-order valence-corrected chi connectivity index (χ1v) is 8.10. The molecule has 3 rings (SSSR count). The van der Waals surface area contributed by atoms with Crippen molar-refractivity contribution < 1.29 is 15.1 Å². The number of fused-ring (bicyclic) bond motifs is 1. The van der Waals surface area contributed by atoms with Gasteiger partial charge in [0.25, 0.3) is 5.69 Å². The van der Waals surface area contributed by atoms with Gasteiger partial charge in [-0.3, -0.25) is 20.0 Å². The van der Waals surface area contributed by atoms with Crippen molar-refractivity contribution in [2.45, 2.75) is 50.9 Å². The molecule has 1 aliphatic heterocycles. The average molecular weight is 321 g/mol. The Morgan fingerprint density at radius 1 is 1.57 bits per heavy atom. The molecule has 2 atom stereocenters. The highest BCUT2D eigenvalue weighted by Crippen LogP contribution is 2.41. The largest absolute Gasteiger partial charge is 0.392 e. The summed E-state index contributed by atoms with van der Waals surface area (Å²) in [6.07, 6.45) is 3.86. The predicted octanol–water partition coefficient (Wildman–Crippen LogP) is 1.26. The summed E-state index contributed by atoms with van der Waals surface area (Å²) in [5.41, 5.74) is 0.953. The summed E-state index contributed by atoms with van der Waals surface area (Å²) in [5, 5.41) is 31.5. The van der Waals surface area contributed by atoms with Crippen molar-refractivity contribution in [2.75, 3.05) is 13.1 Å². The highest BCUT2D eigenvalue weighted by molar-refractivity contribution is 5.35. The topological polar surface area (TPSA) is 99.7 Å². The standard InChI is InChI=1S/C16H23N3O4/c1-16(21,12-2-3-12)7-14(20)10-18-5-4-15-11(9-18)6-13(8-17-15)19(22)23/h6,8,12,14,20-21H,2-5,7,9-10H2,1H3. The second-order valence-electron chi connectivity index (χ2n) is 7.03. The maximum Gasteiger partial charge on any atom is 0.287 e. The maximum atomic E-state index is 10.9. The van der Waals surface area contributed by atoms with Gasteiger partial charge in [-0.05, 0) is 31.2 Å². The Labute approximate surface area is 135 Å². The summed E-state index contributed by atoms with van der Waals surface area (Å²) in [6.45, 7) is 3.57. The lowest BCUT2D eigenvalue weighted by Crippen LogP contribution is -2.41. The predicted molar refractivity (Wildman–Crippen MR) is 83.8 cm³/mol. The zero-order chi connectivity index (χ0) is 16.6. The summed E-state index contributed by atoms with van der Waals surface area (Å²) in [6, 6.07) is 1.57. The highest BCUT2D eigenvalue weighted by Gasteiger charge is 2.41. The maximum absolute atomic E-state index is 10.9. The zero-order valence-electron chi connectivity index (χ0n) is 13.3. The van der Waals surface area contributed by atoms with Crippen LogP contribution in [0.4, 0.5) is 5.69 Å². The molecule has 7 nitrogen and oxygen atoms in total. The fraction of sp³-hybridized carbons (Fsp3) is 0.688. The molecule has 2 unspecified atom stereocenters. The van der Waals surface area contributed by atoms with Gasteiger partial charge in [0.2, 0.25) is 0 Å². The number of nitrogens with zero attached hydrogens (tertiary/aromatic N) is 3. The quantitative estimate of drug-likeness (QED) is 0.604. The number of aromatic nitrogens is 1. The molecule has 126 valence electrons. The molecule has 0 saturated heterocycles. The minimum atomic E-state index is -0.798. The number of nitro groups is 1. The van der Waals surface area contributed by atoms with Gasteiger partial charge in [0, 0.05) is 44.2 Å². The molecule has 0 spiro atoms. The van der Waals surface area contributed by atoms with Crippen LogP contribution in [-0.2, 0) is 13.0 Å². The first-order chi connectivity index (χ1) is 10.8. The molecule has 0 bridgehead atoms. The minimum Gasteiger partial charge on any atom is -0.392 e. The van der Waals surface area contributed by atoms with Gasteiger partial charge in [-0.1, -0.05) is 0 Å². The Balaban J connectivity index is 1.60. The van der Waals surface area contributed by atoms with Gasteiger partial charge in [-0.25, -0.2) is 0 Å². The van der Waals surface area contributed by atoms with E-state index < -0.39 is 16.6 Å². The third-order valence-electron chi connectivity index (χ3n) is 4.89. The number of aliphatic hydroxyl groups excluding tert-OH is 1. The Hall–Kier alpha value is -1.57.